The van der Waals surface area contributed by atoms with Crippen LogP contribution in [-0.4, -0.2) is 127 Å². The summed E-state index contributed by atoms with van der Waals surface area (Å²) in [6.07, 6.45) is -5.92. The second kappa shape index (κ2) is 14.3. The van der Waals surface area contributed by atoms with Crippen LogP contribution in [0.4, 0.5) is 0 Å². The van der Waals surface area contributed by atoms with Crippen LogP contribution >= 0.6 is 0 Å². The first-order chi connectivity index (χ1) is 21.3. The van der Waals surface area contributed by atoms with Crippen molar-refractivity contribution in [1.82, 2.24) is 4.90 Å². The average Bonchev–Trinajstić information content (AvgIpc) is 3.29. The van der Waals surface area contributed by atoms with Gasteiger partial charge in [0.05, 0.1) is 47.6 Å². The zero-order chi connectivity index (χ0) is 34.5. The molecule has 4 saturated heterocycles. The van der Waals surface area contributed by atoms with Gasteiger partial charge in [-0.3, -0.25) is 9.59 Å². The SMILES string of the molecule is CO[C@]1(C)C[C@H](O[C@H]2[C@H](C)[C@@H](O[C@@H]3O[C@H](C)C[C@H](N(C)C)[C@H]3O)[C@@]3(C)C[C@@H](C)[C@H](O3)[C@H](C)[C@H](C(C)=O)OC(=O)[C@@H]2C)O[C@@H](C)[C@@H]1O. The minimum atomic E-state index is -0.999. The predicted molar refractivity (Wildman–Crippen MR) is 168 cm³/mol. The number of nitrogens with zero attached hydrogens (tertiary/aromatic N) is 1. The van der Waals surface area contributed by atoms with Gasteiger partial charge in [0.2, 0.25) is 0 Å². The molecular weight excluding hydrogens is 598 g/mol. The molecule has 12 heteroatoms. The maximum Gasteiger partial charge on any atom is 0.312 e. The zero-order valence-electron chi connectivity index (χ0n) is 29.8. The first-order valence-corrected chi connectivity index (χ1v) is 16.9. The highest BCUT2D eigenvalue weighted by Crippen LogP contribution is 2.47. The number of aliphatic hydroxyl groups is 2. The number of aliphatic hydroxyl groups excluding tert-OH is 2. The van der Waals surface area contributed by atoms with Crippen molar-refractivity contribution in [2.45, 2.75) is 160 Å². The van der Waals surface area contributed by atoms with Gasteiger partial charge in [-0.15, -0.1) is 0 Å². The quantitative estimate of drug-likeness (QED) is 0.389. The third-order valence-electron chi connectivity index (χ3n) is 11.1. The molecule has 0 amide bonds. The number of fused-ring (bicyclic) bond motifs is 2. The number of carbonyl (C=O) groups excluding carboxylic acids is 2. The number of rotatable bonds is 7. The van der Waals surface area contributed by atoms with Crippen LogP contribution in [-0.2, 0) is 42.7 Å². The van der Waals surface area contributed by atoms with Gasteiger partial charge in [0.25, 0.3) is 0 Å². The highest BCUT2D eigenvalue weighted by atomic mass is 16.7. The van der Waals surface area contributed by atoms with Crippen molar-refractivity contribution in [3.8, 4) is 0 Å². The summed E-state index contributed by atoms with van der Waals surface area (Å²) in [5.41, 5.74) is -1.85. The van der Waals surface area contributed by atoms with Gasteiger partial charge >= 0.3 is 5.97 Å². The molecule has 2 N–H and O–H groups in total. The van der Waals surface area contributed by atoms with Crippen LogP contribution in [0.15, 0.2) is 0 Å². The Kier molecular flexibility index (Phi) is 11.7. The Morgan fingerprint density at radius 3 is 2.22 bits per heavy atom. The number of likely N-dealkylation sites (N-methyl/N-ethyl adjacent to an activating group) is 1. The highest BCUT2D eigenvalue weighted by molar-refractivity contribution is 5.84. The van der Waals surface area contributed by atoms with E-state index in [1.54, 1.807) is 20.8 Å². The maximum atomic E-state index is 13.9. The molecule has 4 aliphatic rings. The first kappa shape index (κ1) is 37.6. The van der Waals surface area contributed by atoms with E-state index in [-0.39, 0.29) is 30.3 Å². The van der Waals surface area contributed by atoms with E-state index in [9.17, 15) is 19.8 Å². The molecule has 0 aromatic heterocycles. The largest absolute Gasteiger partial charge is 0.454 e. The van der Waals surface area contributed by atoms with Crippen molar-refractivity contribution in [3.63, 3.8) is 0 Å². The molecule has 46 heavy (non-hydrogen) atoms. The Hall–Kier alpha value is -1.22. The van der Waals surface area contributed by atoms with E-state index in [1.165, 1.54) is 14.0 Å². The molecule has 4 fully saturated rings. The van der Waals surface area contributed by atoms with Gasteiger partial charge in [-0.2, -0.15) is 0 Å². The van der Waals surface area contributed by atoms with Crippen LogP contribution in [0.5, 0.6) is 0 Å². The summed E-state index contributed by atoms with van der Waals surface area (Å²) in [5.74, 6) is -2.61. The molecular formula is C34H59NO11. The van der Waals surface area contributed by atoms with Crippen molar-refractivity contribution >= 4 is 11.8 Å². The third kappa shape index (κ3) is 7.35. The van der Waals surface area contributed by atoms with Crippen LogP contribution in [0, 0.1) is 23.7 Å². The van der Waals surface area contributed by atoms with Crippen LogP contribution in [0.3, 0.4) is 0 Å². The average molecular weight is 658 g/mol. The number of ether oxygens (including phenoxy) is 7. The Balaban J connectivity index is 1.78. The topological polar surface area (TPSA) is 142 Å². The van der Waals surface area contributed by atoms with Crippen molar-refractivity contribution in [2.24, 2.45) is 23.7 Å². The summed E-state index contributed by atoms with van der Waals surface area (Å²) in [5, 5.41) is 22.3. The molecule has 0 spiro atoms. The van der Waals surface area contributed by atoms with Crippen LogP contribution in [0.2, 0.25) is 0 Å². The third-order valence-corrected chi connectivity index (χ3v) is 11.1. The lowest BCUT2D eigenvalue weighted by Crippen LogP contribution is -2.60. The lowest BCUT2D eigenvalue weighted by atomic mass is 9.77. The molecule has 0 radical (unpaired) electrons. The van der Waals surface area contributed by atoms with Gasteiger partial charge in [-0.1, -0.05) is 20.8 Å². The van der Waals surface area contributed by atoms with E-state index in [4.69, 9.17) is 33.2 Å². The van der Waals surface area contributed by atoms with E-state index < -0.39 is 90.2 Å². The van der Waals surface area contributed by atoms with Gasteiger partial charge in [0, 0.05) is 31.4 Å². The summed E-state index contributed by atoms with van der Waals surface area (Å²) in [6.45, 7) is 16.5. The number of esters is 1. The fourth-order valence-electron chi connectivity index (χ4n) is 8.40. The number of hydrogen-bond donors (Lipinski definition) is 2. The van der Waals surface area contributed by atoms with Crippen LogP contribution in [0.25, 0.3) is 0 Å². The summed E-state index contributed by atoms with van der Waals surface area (Å²) in [4.78, 5) is 28.7. The van der Waals surface area contributed by atoms with Gasteiger partial charge in [-0.25, -0.2) is 0 Å². The van der Waals surface area contributed by atoms with Gasteiger partial charge < -0.3 is 48.3 Å². The molecule has 0 aromatic carbocycles. The van der Waals surface area contributed by atoms with Crippen molar-refractivity contribution in [3.05, 3.63) is 0 Å². The highest BCUT2D eigenvalue weighted by Gasteiger charge is 2.57. The van der Waals surface area contributed by atoms with Crippen molar-refractivity contribution < 1.29 is 53.0 Å². The molecule has 12 nitrogen and oxygen atoms in total. The Morgan fingerprint density at radius 1 is 0.978 bits per heavy atom. The Bertz CT molecular complexity index is 1080. The summed E-state index contributed by atoms with van der Waals surface area (Å²) in [7, 11) is 5.38. The summed E-state index contributed by atoms with van der Waals surface area (Å²) < 4.78 is 44.4. The normalized spacial score (nSPS) is 50.6. The Morgan fingerprint density at radius 2 is 1.63 bits per heavy atom. The molecule has 4 aliphatic heterocycles. The monoisotopic (exact) mass is 657 g/mol. The van der Waals surface area contributed by atoms with Gasteiger partial charge in [0.1, 0.15) is 12.2 Å². The summed E-state index contributed by atoms with van der Waals surface area (Å²) >= 11 is 0. The maximum absolute atomic E-state index is 13.9. The van der Waals surface area contributed by atoms with Gasteiger partial charge in [-0.05, 0) is 74.4 Å². The zero-order valence-corrected chi connectivity index (χ0v) is 29.8. The smallest absolute Gasteiger partial charge is 0.312 e. The van der Waals surface area contributed by atoms with Crippen molar-refractivity contribution in [1.29, 1.82) is 0 Å². The summed E-state index contributed by atoms with van der Waals surface area (Å²) in [6, 6.07) is -0.191. The standard InChI is InChI=1S/C34H59NO11/c1-16-14-34(9)30(45-32-25(37)23(35(10)11)13-17(2)41-32)19(4)27(43-24-15-33(8,40-12)29(38)22(7)42-24)20(5)31(39)44-28(21(6)36)18(3)26(16)46-34/h16-20,22-30,32,37-38H,13-15H2,1-12H3/t16-,17-,18+,19+,20-,22+,23+,24+,25-,26+,27+,28-,29+,30-,32+,33-,34-/m1/s1. The molecule has 266 valence electrons. The fourth-order valence-corrected chi connectivity index (χ4v) is 8.40. The Labute approximate surface area is 274 Å². The number of hydrogen-bond acceptors (Lipinski definition) is 12. The van der Waals surface area contributed by atoms with Gasteiger partial charge in [0.15, 0.2) is 24.5 Å². The molecule has 17 atom stereocenters. The lowest BCUT2D eigenvalue weighted by Gasteiger charge is -2.48. The molecule has 2 bridgehead atoms. The molecule has 0 unspecified atom stereocenters. The van der Waals surface area contributed by atoms with Crippen LogP contribution < -0.4 is 0 Å². The van der Waals surface area contributed by atoms with Crippen LogP contribution in [0.1, 0.15) is 81.6 Å². The molecule has 0 aromatic rings. The number of ketones is 1. The van der Waals surface area contributed by atoms with E-state index in [1.807, 2.05) is 46.7 Å². The van der Waals surface area contributed by atoms with E-state index in [0.717, 1.165) is 0 Å². The van der Waals surface area contributed by atoms with E-state index in [0.29, 0.717) is 12.8 Å². The second-order valence-electron chi connectivity index (χ2n) is 15.2. The van der Waals surface area contributed by atoms with E-state index >= 15 is 0 Å². The fraction of sp³-hybridized carbons (Fsp3) is 0.941. The second-order valence-corrected chi connectivity index (χ2v) is 15.2. The minimum absolute atomic E-state index is 0.00661. The molecule has 4 rings (SSSR count). The number of carbonyl (C=O) groups is 2. The molecule has 0 aliphatic carbocycles. The number of cyclic esters (lactones) is 1. The number of Topliss-reactive ketones (excluding diaryl/α,β-unsaturated/α-hetero) is 1. The molecule has 4 heterocycles. The van der Waals surface area contributed by atoms with Crippen molar-refractivity contribution in [2.75, 3.05) is 21.2 Å². The lowest BCUT2D eigenvalue weighted by molar-refractivity contribution is -0.318. The van der Waals surface area contributed by atoms with E-state index in [2.05, 4.69) is 6.92 Å². The molecule has 0 saturated carbocycles. The minimum Gasteiger partial charge on any atom is -0.454 e. The first-order valence-electron chi connectivity index (χ1n) is 16.9. The predicted octanol–water partition coefficient (Wildman–Crippen LogP) is 2.69. The number of methoxy groups -OCH3 is 1.